The largest absolute Gasteiger partial charge is 0.352 e. The number of hydrogen-bond donors (Lipinski definition) is 2. The van der Waals surface area contributed by atoms with Crippen LogP contribution in [0.4, 0.5) is 5.69 Å². The monoisotopic (exact) mass is 449 g/mol. The molecule has 0 saturated heterocycles. The van der Waals surface area contributed by atoms with Crippen molar-refractivity contribution in [1.82, 2.24) is 10.2 Å². The Morgan fingerprint density at radius 1 is 1.23 bits per heavy atom. The molecule has 8 heteroatoms. The van der Waals surface area contributed by atoms with E-state index in [0.717, 1.165) is 25.6 Å². The minimum atomic E-state index is -3.32. The van der Waals surface area contributed by atoms with Crippen molar-refractivity contribution in [1.29, 1.82) is 0 Å². The lowest BCUT2D eigenvalue weighted by molar-refractivity contribution is 0.0942. The number of carbonyl (C=O) groups is 1. The summed E-state index contributed by atoms with van der Waals surface area (Å²) in [7, 11) is -3.32. The molecule has 2 atom stereocenters. The second kappa shape index (κ2) is 9.94. The van der Waals surface area contributed by atoms with Crippen LogP contribution in [-0.4, -0.2) is 44.6 Å². The Balaban J connectivity index is 1.50. The zero-order chi connectivity index (χ0) is 21.7. The van der Waals surface area contributed by atoms with Crippen molar-refractivity contribution in [2.24, 2.45) is 0 Å². The van der Waals surface area contributed by atoms with Crippen LogP contribution in [0.15, 0.2) is 35.7 Å². The lowest BCUT2D eigenvalue weighted by atomic mass is 9.92. The highest BCUT2D eigenvalue weighted by Crippen LogP contribution is 2.37. The number of amides is 1. The summed E-state index contributed by atoms with van der Waals surface area (Å²) >= 11 is 1.85. The van der Waals surface area contributed by atoms with Gasteiger partial charge in [-0.05, 0) is 67.5 Å². The molecule has 1 aliphatic rings. The lowest BCUT2D eigenvalue weighted by Gasteiger charge is -2.40. The van der Waals surface area contributed by atoms with Gasteiger partial charge in [-0.2, -0.15) is 0 Å². The van der Waals surface area contributed by atoms with Gasteiger partial charge >= 0.3 is 0 Å². The maximum absolute atomic E-state index is 12.4. The Hall–Kier alpha value is -1.90. The molecule has 0 fully saturated rings. The summed E-state index contributed by atoms with van der Waals surface area (Å²) in [6.07, 6.45) is 5.48. The molecule has 30 heavy (non-hydrogen) atoms. The van der Waals surface area contributed by atoms with E-state index >= 15 is 0 Å². The Bertz CT molecular complexity index is 954. The van der Waals surface area contributed by atoms with Gasteiger partial charge in [0.25, 0.3) is 5.91 Å². The standard InChI is InChI=1S/C22H31N3O3S2/c1-4-6-20-15-18-11-14-29-21(18)16(2)25(20)13-5-12-23-22(26)17-7-9-19(10-8-17)24-30(3,27)28/h7-11,14,16,20,24H,4-6,12-13,15H2,1-3H3,(H,23,26). The third kappa shape index (κ3) is 5.83. The molecule has 2 aromatic rings. The first-order valence-corrected chi connectivity index (χ1v) is 13.2. The number of nitrogens with one attached hydrogen (secondary N) is 2. The number of carbonyl (C=O) groups excluding carboxylic acids is 1. The summed E-state index contributed by atoms with van der Waals surface area (Å²) in [5.74, 6) is -0.141. The molecule has 0 spiro atoms. The molecule has 1 aromatic carbocycles. The maximum atomic E-state index is 12.4. The normalized spacial score (nSPS) is 19.3. The number of rotatable bonds is 9. The summed E-state index contributed by atoms with van der Waals surface area (Å²) in [6, 6.07) is 9.72. The van der Waals surface area contributed by atoms with E-state index in [1.54, 1.807) is 24.3 Å². The van der Waals surface area contributed by atoms with Gasteiger partial charge in [-0.1, -0.05) is 13.3 Å². The molecule has 6 nitrogen and oxygen atoms in total. The molecule has 1 aliphatic heterocycles. The smallest absolute Gasteiger partial charge is 0.251 e. The fourth-order valence-corrected chi connectivity index (χ4v) is 5.75. The van der Waals surface area contributed by atoms with Crippen LogP contribution in [0.25, 0.3) is 0 Å². The number of hydrogen-bond acceptors (Lipinski definition) is 5. The van der Waals surface area contributed by atoms with Gasteiger partial charge in [-0.3, -0.25) is 14.4 Å². The van der Waals surface area contributed by atoms with Crippen molar-refractivity contribution in [3.8, 4) is 0 Å². The van der Waals surface area contributed by atoms with E-state index in [4.69, 9.17) is 0 Å². The maximum Gasteiger partial charge on any atom is 0.251 e. The highest BCUT2D eigenvalue weighted by molar-refractivity contribution is 7.92. The van der Waals surface area contributed by atoms with Crippen molar-refractivity contribution in [2.45, 2.75) is 51.6 Å². The first-order chi connectivity index (χ1) is 14.3. The van der Waals surface area contributed by atoms with Crippen LogP contribution in [0.5, 0.6) is 0 Å². The van der Waals surface area contributed by atoms with Gasteiger partial charge in [0.15, 0.2) is 0 Å². The number of sulfonamides is 1. The van der Waals surface area contributed by atoms with E-state index < -0.39 is 10.0 Å². The Labute approximate surface area is 183 Å². The predicted molar refractivity (Wildman–Crippen MR) is 124 cm³/mol. The molecule has 2 heterocycles. The van der Waals surface area contributed by atoms with Gasteiger partial charge < -0.3 is 5.32 Å². The number of anilines is 1. The van der Waals surface area contributed by atoms with E-state index in [-0.39, 0.29) is 5.91 Å². The molecule has 3 rings (SSSR count). The third-order valence-corrected chi connectivity index (χ3v) is 7.27. The highest BCUT2D eigenvalue weighted by Gasteiger charge is 2.31. The van der Waals surface area contributed by atoms with Crippen molar-refractivity contribution in [2.75, 3.05) is 24.1 Å². The van der Waals surface area contributed by atoms with Crippen molar-refractivity contribution >= 4 is 33.0 Å². The zero-order valence-electron chi connectivity index (χ0n) is 17.8. The van der Waals surface area contributed by atoms with E-state index in [1.165, 1.54) is 23.3 Å². The van der Waals surface area contributed by atoms with Crippen LogP contribution >= 0.6 is 11.3 Å². The Kier molecular flexibility index (Phi) is 7.55. The molecule has 1 amide bonds. The van der Waals surface area contributed by atoms with Gasteiger partial charge in [0.05, 0.1) is 6.26 Å². The molecular weight excluding hydrogens is 418 g/mol. The molecule has 0 radical (unpaired) electrons. The summed E-state index contributed by atoms with van der Waals surface area (Å²) in [5, 5.41) is 5.18. The summed E-state index contributed by atoms with van der Waals surface area (Å²) in [4.78, 5) is 16.5. The molecular formula is C22H31N3O3S2. The van der Waals surface area contributed by atoms with E-state index in [1.807, 2.05) is 11.3 Å². The van der Waals surface area contributed by atoms with Crippen LogP contribution in [0.2, 0.25) is 0 Å². The first kappa shape index (κ1) is 22.8. The van der Waals surface area contributed by atoms with Crippen molar-refractivity contribution in [3.05, 3.63) is 51.7 Å². The predicted octanol–water partition coefficient (Wildman–Crippen LogP) is 4.03. The van der Waals surface area contributed by atoms with Crippen molar-refractivity contribution in [3.63, 3.8) is 0 Å². The molecule has 0 saturated carbocycles. The summed E-state index contributed by atoms with van der Waals surface area (Å²) in [5.41, 5.74) is 2.47. The number of nitrogens with zero attached hydrogens (tertiary/aromatic N) is 1. The lowest BCUT2D eigenvalue weighted by Crippen LogP contribution is -2.43. The minimum absolute atomic E-state index is 0.141. The van der Waals surface area contributed by atoms with Crippen LogP contribution in [0.1, 0.15) is 60.0 Å². The molecule has 0 bridgehead atoms. The number of fused-ring (bicyclic) bond motifs is 1. The Morgan fingerprint density at radius 3 is 2.63 bits per heavy atom. The first-order valence-electron chi connectivity index (χ1n) is 10.5. The topological polar surface area (TPSA) is 78.5 Å². The van der Waals surface area contributed by atoms with Gasteiger partial charge in [0.2, 0.25) is 10.0 Å². The average Bonchev–Trinajstić information content (AvgIpc) is 3.15. The van der Waals surface area contributed by atoms with E-state index in [2.05, 4.69) is 40.2 Å². The molecule has 2 N–H and O–H groups in total. The van der Waals surface area contributed by atoms with Gasteiger partial charge in [0, 0.05) is 41.3 Å². The van der Waals surface area contributed by atoms with E-state index in [0.29, 0.717) is 29.9 Å². The fraction of sp³-hybridized carbons (Fsp3) is 0.500. The summed E-state index contributed by atoms with van der Waals surface area (Å²) < 4.78 is 24.9. The van der Waals surface area contributed by atoms with Gasteiger partial charge in [-0.25, -0.2) is 8.42 Å². The summed E-state index contributed by atoms with van der Waals surface area (Å²) in [6.45, 7) is 6.10. The second-order valence-electron chi connectivity index (χ2n) is 7.93. The molecule has 0 aliphatic carbocycles. The fourth-order valence-electron chi connectivity index (χ4n) is 4.17. The van der Waals surface area contributed by atoms with Crippen molar-refractivity contribution < 1.29 is 13.2 Å². The second-order valence-corrected chi connectivity index (χ2v) is 10.6. The molecule has 1 aromatic heterocycles. The van der Waals surface area contributed by atoms with Crippen LogP contribution in [0.3, 0.4) is 0 Å². The third-order valence-electron chi connectivity index (χ3n) is 5.53. The Morgan fingerprint density at radius 2 is 1.97 bits per heavy atom. The van der Waals surface area contributed by atoms with Gasteiger partial charge in [-0.15, -0.1) is 11.3 Å². The minimum Gasteiger partial charge on any atom is -0.352 e. The zero-order valence-corrected chi connectivity index (χ0v) is 19.5. The molecule has 164 valence electrons. The van der Waals surface area contributed by atoms with Crippen LogP contribution in [0, 0.1) is 0 Å². The molecule has 2 unspecified atom stereocenters. The quantitative estimate of drug-likeness (QED) is 0.567. The van der Waals surface area contributed by atoms with Crippen LogP contribution in [-0.2, 0) is 16.4 Å². The van der Waals surface area contributed by atoms with E-state index in [9.17, 15) is 13.2 Å². The average molecular weight is 450 g/mol. The van der Waals surface area contributed by atoms with Crippen LogP contribution < -0.4 is 10.0 Å². The highest BCUT2D eigenvalue weighted by atomic mass is 32.2. The number of benzene rings is 1. The van der Waals surface area contributed by atoms with Gasteiger partial charge in [0.1, 0.15) is 0 Å². The number of thiophene rings is 1. The SMILES string of the molecule is CCCC1Cc2ccsc2C(C)N1CCCNC(=O)c1ccc(NS(C)(=O)=O)cc1.